The number of carboxylic acids is 1. The predicted octanol–water partition coefficient (Wildman–Crippen LogP) is -0.331. The van der Waals surface area contributed by atoms with Gasteiger partial charge in [0.05, 0.1) is 6.04 Å². The largest absolute Gasteiger partial charge is 0.480 e. The average molecular weight is 397 g/mol. The second kappa shape index (κ2) is 12.3. The standard InChI is InChI=1S/C18H28N4O4S/c19-9-5-4-8-14(18(25)26)21-17(24)15(22-16(23)13(20)11-27)10-12-6-2-1-3-7-12/h1-3,6-7,13-15,27H,4-5,8-11,19-20H2,(H,21,24)(H,22,23)(H,25,26). The van der Waals surface area contributed by atoms with Gasteiger partial charge >= 0.3 is 5.97 Å². The maximum atomic E-state index is 12.7. The first-order valence-corrected chi connectivity index (χ1v) is 9.46. The van der Waals surface area contributed by atoms with Gasteiger partial charge in [0.2, 0.25) is 11.8 Å². The summed E-state index contributed by atoms with van der Waals surface area (Å²) in [6.45, 7) is 0.453. The van der Waals surface area contributed by atoms with Crippen molar-refractivity contribution >= 4 is 30.4 Å². The van der Waals surface area contributed by atoms with Gasteiger partial charge in [-0.25, -0.2) is 4.79 Å². The summed E-state index contributed by atoms with van der Waals surface area (Å²) >= 11 is 3.98. The molecule has 9 heteroatoms. The number of thiol groups is 1. The summed E-state index contributed by atoms with van der Waals surface area (Å²) in [5.74, 6) is -2.09. The number of amides is 2. The van der Waals surface area contributed by atoms with Crippen LogP contribution in [0.1, 0.15) is 24.8 Å². The zero-order valence-electron chi connectivity index (χ0n) is 15.1. The number of carboxylic acid groups (broad SMARTS) is 1. The molecule has 0 fully saturated rings. The number of aliphatic carboxylic acids is 1. The van der Waals surface area contributed by atoms with Crippen LogP contribution < -0.4 is 22.1 Å². The highest BCUT2D eigenvalue weighted by Crippen LogP contribution is 2.06. The Morgan fingerprint density at radius 2 is 1.67 bits per heavy atom. The van der Waals surface area contributed by atoms with E-state index in [1.807, 2.05) is 30.3 Å². The molecular formula is C18H28N4O4S. The summed E-state index contributed by atoms with van der Waals surface area (Å²) < 4.78 is 0. The lowest BCUT2D eigenvalue weighted by molar-refractivity contribution is -0.142. The number of benzene rings is 1. The Morgan fingerprint density at radius 1 is 1.04 bits per heavy atom. The molecule has 0 saturated heterocycles. The second-order valence-corrected chi connectivity index (χ2v) is 6.59. The molecule has 0 aliphatic heterocycles. The molecule has 0 spiro atoms. The molecule has 8 nitrogen and oxygen atoms in total. The van der Waals surface area contributed by atoms with Gasteiger partial charge in [0.25, 0.3) is 0 Å². The Hall–Kier alpha value is -2.10. The molecule has 0 heterocycles. The van der Waals surface area contributed by atoms with Gasteiger partial charge in [-0.3, -0.25) is 9.59 Å². The molecule has 1 aromatic carbocycles. The first-order valence-electron chi connectivity index (χ1n) is 8.83. The fourth-order valence-corrected chi connectivity index (χ4v) is 2.61. The molecule has 1 aromatic rings. The van der Waals surface area contributed by atoms with Gasteiger partial charge in [-0.05, 0) is 31.4 Å². The first kappa shape index (κ1) is 22.9. The van der Waals surface area contributed by atoms with E-state index >= 15 is 0 Å². The second-order valence-electron chi connectivity index (χ2n) is 6.22. The number of hydrogen-bond acceptors (Lipinski definition) is 6. The lowest BCUT2D eigenvalue weighted by atomic mass is 10.0. The highest BCUT2D eigenvalue weighted by atomic mass is 32.1. The van der Waals surface area contributed by atoms with Crippen LogP contribution in [-0.2, 0) is 20.8 Å². The maximum Gasteiger partial charge on any atom is 0.326 e. The maximum absolute atomic E-state index is 12.7. The van der Waals surface area contributed by atoms with Crippen LogP contribution in [0.25, 0.3) is 0 Å². The van der Waals surface area contributed by atoms with E-state index in [1.165, 1.54) is 0 Å². The van der Waals surface area contributed by atoms with Gasteiger partial charge in [0, 0.05) is 12.2 Å². The van der Waals surface area contributed by atoms with Crippen molar-refractivity contribution in [2.24, 2.45) is 11.5 Å². The molecule has 3 unspecified atom stereocenters. The van der Waals surface area contributed by atoms with Crippen LogP contribution in [0.5, 0.6) is 0 Å². The number of unbranched alkanes of at least 4 members (excludes halogenated alkanes) is 1. The van der Waals surface area contributed by atoms with E-state index in [4.69, 9.17) is 11.5 Å². The number of carbonyl (C=O) groups excluding carboxylic acids is 2. The Balaban J connectivity index is 2.86. The Labute approximate surface area is 164 Å². The van der Waals surface area contributed by atoms with Crippen LogP contribution >= 0.6 is 12.6 Å². The number of nitrogens with one attached hydrogen (secondary N) is 2. The third-order valence-electron chi connectivity index (χ3n) is 4.01. The van der Waals surface area contributed by atoms with Crippen LogP contribution in [0.4, 0.5) is 0 Å². The molecule has 2 amide bonds. The average Bonchev–Trinajstić information content (AvgIpc) is 2.66. The third kappa shape index (κ3) is 8.42. The molecule has 0 aliphatic rings. The zero-order valence-corrected chi connectivity index (χ0v) is 16.0. The monoisotopic (exact) mass is 396 g/mol. The molecule has 0 aromatic heterocycles. The molecule has 7 N–H and O–H groups in total. The summed E-state index contributed by atoms with van der Waals surface area (Å²) in [4.78, 5) is 36.2. The minimum Gasteiger partial charge on any atom is -0.480 e. The summed E-state index contributed by atoms with van der Waals surface area (Å²) in [7, 11) is 0. The van der Waals surface area contributed by atoms with Gasteiger partial charge in [0.1, 0.15) is 12.1 Å². The quantitative estimate of drug-likeness (QED) is 0.211. The molecule has 27 heavy (non-hydrogen) atoms. The van der Waals surface area contributed by atoms with Gasteiger partial charge in [-0.2, -0.15) is 12.6 Å². The molecule has 3 atom stereocenters. The molecular weight excluding hydrogens is 368 g/mol. The highest BCUT2D eigenvalue weighted by molar-refractivity contribution is 7.80. The van der Waals surface area contributed by atoms with Crippen molar-refractivity contribution in [1.82, 2.24) is 10.6 Å². The van der Waals surface area contributed by atoms with E-state index in [1.54, 1.807) is 0 Å². The van der Waals surface area contributed by atoms with Crippen LogP contribution in [0.3, 0.4) is 0 Å². The summed E-state index contributed by atoms with van der Waals surface area (Å²) in [5, 5.41) is 14.4. The molecule has 0 bridgehead atoms. The van der Waals surface area contributed by atoms with Crippen LogP contribution in [0, 0.1) is 0 Å². The van der Waals surface area contributed by atoms with E-state index in [9.17, 15) is 19.5 Å². The fraction of sp³-hybridized carbons (Fsp3) is 0.500. The third-order valence-corrected chi connectivity index (χ3v) is 4.40. The van der Waals surface area contributed by atoms with Gasteiger partial charge < -0.3 is 27.2 Å². The number of hydrogen-bond donors (Lipinski definition) is 6. The number of nitrogens with two attached hydrogens (primary N) is 2. The lowest BCUT2D eigenvalue weighted by Gasteiger charge is -2.23. The molecule has 0 saturated carbocycles. The first-order chi connectivity index (χ1) is 12.9. The number of rotatable bonds is 12. The molecule has 0 aliphatic carbocycles. The van der Waals surface area contributed by atoms with E-state index in [2.05, 4.69) is 23.3 Å². The smallest absolute Gasteiger partial charge is 0.326 e. The van der Waals surface area contributed by atoms with E-state index in [0.29, 0.717) is 19.4 Å². The van der Waals surface area contributed by atoms with Crippen molar-refractivity contribution < 1.29 is 19.5 Å². The van der Waals surface area contributed by atoms with Crippen molar-refractivity contribution in [3.8, 4) is 0 Å². The van der Waals surface area contributed by atoms with E-state index < -0.39 is 35.9 Å². The van der Waals surface area contributed by atoms with Gasteiger partial charge in [-0.1, -0.05) is 30.3 Å². The van der Waals surface area contributed by atoms with Crippen LogP contribution in [0.15, 0.2) is 30.3 Å². The minimum atomic E-state index is -1.13. The minimum absolute atomic E-state index is 0.127. The van der Waals surface area contributed by atoms with E-state index in [-0.39, 0.29) is 18.6 Å². The summed E-state index contributed by atoms with van der Waals surface area (Å²) in [6.07, 6.45) is 1.72. The Morgan fingerprint density at radius 3 is 2.22 bits per heavy atom. The van der Waals surface area contributed by atoms with Crippen molar-refractivity contribution in [2.75, 3.05) is 12.3 Å². The molecule has 0 radical (unpaired) electrons. The van der Waals surface area contributed by atoms with Crippen molar-refractivity contribution in [1.29, 1.82) is 0 Å². The Bertz CT molecular complexity index is 615. The summed E-state index contributed by atoms with van der Waals surface area (Å²) in [6, 6.07) is 6.27. The van der Waals surface area contributed by atoms with Crippen LogP contribution in [-0.4, -0.2) is 53.3 Å². The van der Waals surface area contributed by atoms with Crippen molar-refractivity contribution in [3.05, 3.63) is 35.9 Å². The SMILES string of the molecule is NCCCCC(NC(=O)C(Cc1ccccc1)NC(=O)C(N)CS)C(=O)O. The normalized spacial score (nSPS) is 14.0. The predicted molar refractivity (Wildman–Crippen MR) is 106 cm³/mol. The van der Waals surface area contributed by atoms with Crippen molar-refractivity contribution in [3.63, 3.8) is 0 Å². The van der Waals surface area contributed by atoms with Gasteiger partial charge in [0.15, 0.2) is 0 Å². The zero-order chi connectivity index (χ0) is 20.2. The fourth-order valence-electron chi connectivity index (χ4n) is 2.44. The van der Waals surface area contributed by atoms with Crippen LogP contribution in [0.2, 0.25) is 0 Å². The Kier molecular flexibility index (Phi) is 10.5. The molecule has 150 valence electrons. The molecule has 1 rings (SSSR count). The highest BCUT2D eigenvalue weighted by Gasteiger charge is 2.27. The topological polar surface area (TPSA) is 148 Å². The lowest BCUT2D eigenvalue weighted by Crippen LogP contribution is -2.55. The van der Waals surface area contributed by atoms with Crippen molar-refractivity contribution in [2.45, 2.75) is 43.8 Å². The van der Waals surface area contributed by atoms with E-state index in [0.717, 1.165) is 5.56 Å². The number of carbonyl (C=O) groups is 3. The summed E-state index contributed by atoms with van der Waals surface area (Å²) in [5.41, 5.74) is 11.9. The van der Waals surface area contributed by atoms with Gasteiger partial charge in [-0.15, -0.1) is 0 Å².